The van der Waals surface area contributed by atoms with Gasteiger partial charge >= 0.3 is 5.69 Å². The topological polar surface area (TPSA) is 125 Å². The van der Waals surface area contributed by atoms with E-state index in [4.69, 9.17) is 9.84 Å². The van der Waals surface area contributed by atoms with Crippen LogP contribution in [-0.2, 0) is 10.5 Å². The molecule has 8 heteroatoms. The second kappa shape index (κ2) is 4.65. The smallest absolute Gasteiger partial charge is 0.330 e. The van der Waals surface area contributed by atoms with Crippen LogP contribution in [0.2, 0.25) is 0 Å². The van der Waals surface area contributed by atoms with Crippen LogP contribution in [0, 0.1) is 0 Å². The van der Waals surface area contributed by atoms with E-state index in [1.807, 2.05) is 4.98 Å². The molecule has 0 radical (unpaired) electrons. The third-order valence-electron chi connectivity index (χ3n) is 3.02. The first-order chi connectivity index (χ1) is 8.52. The summed E-state index contributed by atoms with van der Waals surface area (Å²) in [5.74, 6) is 0. The normalized spacial score (nSPS) is 31.7. The molecule has 1 unspecified atom stereocenters. The molecule has 1 aliphatic heterocycles. The van der Waals surface area contributed by atoms with E-state index in [1.165, 1.54) is 6.20 Å². The quantitative estimate of drug-likeness (QED) is 0.468. The maximum absolute atomic E-state index is 11.7. The van der Waals surface area contributed by atoms with Crippen molar-refractivity contribution in [3.05, 3.63) is 33.1 Å². The molecule has 1 saturated heterocycles. The van der Waals surface area contributed by atoms with Gasteiger partial charge in [-0.15, -0.1) is 0 Å². The number of H-pyrrole nitrogens is 1. The lowest BCUT2D eigenvalue weighted by molar-refractivity contribution is -0.143. The van der Waals surface area contributed by atoms with E-state index in [0.717, 1.165) is 10.6 Å². The molecule has 2 rings (SSSR count). The number of nitrogens with zero attached hydrogens (tertiary/aromatic N) is 1. The predicted molar refractivity (Wildman–Crippen MR) is 59.0 cm³/mol. The highest BCUT2D eigenvalue weighted by molar-refractivity contribution is 4.95. The Bertz CT molecular complexity index is 538. The lowest BCUT2D eigenvalue weighted by atomic mass is 10.1. The van der Waals surface area contributed by atoms with Gasteiger partial charge in [0.25, 0.3) is 5.56 Å². The van der Waals surface area contributed by atoms with Crippen LogP contribution >= 0.6 is 0 Å². The average Bonchev–Trinajstić information content (AvgIpc) is 2.67. The highest BCUT2D eigenvalue weighted by atomic mass is 16.6. The van der Waals surface area contributed by atoms with Crippen molar-refractivity contribution in [2.24, 2.45) is 0 Å². The molecule has 1 aliphatic rings. The van der Waals surface area contributed by atoms with Gasteiger partial charge in [-0.3, -0.25) is 14.3 Å². The zero-order chi connectivity index (χ0) is 13.3. The summed E-state index contributed by atoms with van der Waals surface area (Å²) in [5, 5.41) is 28.1. The van der Waals surface area contributed by atoms with E-state index >= 15 is 0 Å². The summed E-state index contributed by atoms with van der Waals surface area (Å²) >= 11 is 0. The van der Waals surface area contributed by atoms with Crippen molar-refractivity contribution in [2.75, 3.05) is 13.2 Å². The first-order valence-electron chi connectivity index (χ1n) is 5.42. The number of ether oxygens (including phenoxy) is 1. The summed E-state index contributed by atoms with van der Waals surface area (Å²) in [6.07, 6.45) is -0.748. The SMILES string of the molecule is O=c1ccn(C2(CO)C[C@H](O)[C@@H](CO)O2)c(=O)[nH]1. The molecule has 0 spiro atoms. The molecule has 1 aromatic rings. The van der Waals surface area contributed by atoms with Crippen LogP contribution in [0.1, 0.15) is 6.42 Å². The zero-order valence-corrected chi connectivity index (χ0v) is 9.44. The molecule has 4 N–H and O–H groups in total. The number of nitrogens with one attached hydrogen (secondary N) is 1. The average molecular weight is 258 g/mol. The minimum atomic E-state index is -1.46. The summed E-state index contributed by atoms with van der Waals surface area (Å²) in [6, 6.07) is 1.11. The summed E-state index contributed by atoms with van der Waals surface area (Å²) in [6.45, 7) is -0.993. The fourth-order valence-corrected chi connectivity index (χ4v) is 2.10. The number of aromatic amines is 1. The number of hydrogen-bond acceptors (Lipinski definition) is 6. The van der Waals surface area contributed by atoms with E-state index in [-0.39, 0.29) is 6.42 Å². The molecule has 0 saturated carbocycles. The summed E-state index contributed by atoms with van der Waals surface area (Å²) in [7, 11) is 0. The van der Waals surface area contributed by atoms with Crippen LogP contribution in [-0.4, -0.2) is 50.3 Å². The van der Waals surface area contributed by atoms with Crippen LogP contribution in [0.3, 0.4) is 0 Å². The van der Waals surface area contributed by atoms with E-state index in [2.05, 4.69) is 0 Å². The third kappa shape index (κ3) is 1.99. The van der Waals surface area contributed by atoms with Crippen molar-refractivity contribution >= 4 is 0 Å². The molecule has 8 nitrogen and oxygen atoms in total. The molecule has 3 atom stereocenters. The van der Waals surface area contributed by atoms with Crippen LogP contribution in [0.25, 0.3) is 0 Å². The number of hydrogen-bond donors (Lipinski definition) is 4. The zero-order valence-electron chi connectivity index (χ0n) is 9.44. The highest BCUT2D eigenvalue weighted by Gasteiger charge is 2.47. The van der Waals surface area contributed by atoms with Crippen LogP contribution in [0.4, 0.5) is 0 Å². The first-order valence-corrected chi connectivity index (χ1v) is 5.42. The Labute approximate surface area is 101 Å². The van der Waals surface area contributed by atoms with E-state index < -0.39 is 42.4 Å². The number of aromatic nitrogens is 2. The minimum Gasteiger partial charge on any atom is -0.394 e. The maximum atomic E-state index is 11.7. The number of aliphatic hydroxyl groups is 3. The van der Waals surface area contributed by atoms with Gasteiger partial charge in [0, 0.05) is 18.7 Å². The van der Waals surface area contributed by atoms with Gasteiger partial charge in [-0.25, -0.2) is 4.79 Å². The number of aliphatic hydroxyl groups excluding tert-OH is 3. The second-order valence-corrected chi connectivity index (χ2v) is 4.19. The molecule has 2 heterocycles. The molecular weight excluding hydrogens is 244 g/mol. The largest absolute Gasteiger partial charge is 0.394 e. The van der Waals surface area contributed by atoms with E-state index in [1.54, 1.807) is 0 Å². The fourth-order valence-electron chi connectivity index (χ4n) is 2.10. The van der Waals surface area contributed by atoms with Crippen molar-refractivity contribution in [2.45, 2.75) is 24.4 Å². The van der Waals surface area contributed by atoms with Gasteiger partial charge in [0.05, 0.1) is 19.3 Å². The van der Waals surface area contributed by atoms with Crippen LogP contribution in [0.5, 0.6) is 0 Å². The molecule has 100 valence electrons. The van der Waals surface area contributed by atoms with E-state index in [9.17, 15) is 19.8 Å². The standard InChI is InChI=1S/C10H14N2O6/c13-4-7-6(15)3-10(5-14,18-7)12-2-1-8(16)11-9(12)17/h1-2,6-7,13-15H,3-5H2,(H,11,16,17)/t6-,7+,10?/m0/s1. The lowest BCUT2D eigenvalue weighted by Crippen LogP contribution is -2.46. The van der Waals surface area contributed by atoms with Crippen molar-refractivity contribution in [1.29, 1.82) is 0 Å². The molecule has 1 aromatic heterocycles. The summed E-state index contributed by atoms with van der Waals surface area (Å²) < 4.78 is 6.36. The third-order valence-corrected chi connectivity index (χ3v) is 3.02. The second-order valence-electron chi connectivity index (χ2n) is 4.19. The lowest BCUT2D eigenvalue weighted by Gasteiger charge is -2.28. The van der Waals surface area contributed by atoms with Gasteiger partial charge < -0.3 is 20.1 Å². The molecule has 1 fully saturated rings. The Hall–Kier alpha value is -1.48. The van der Waals surface area contributed by atoms with Crippen LogP contribution in [0.15, 0.2) is 21.9 Å². The van der Waals surface area contributed by atoms with Gasteiger partial charge in [-0.05, 0) is 0 Å². The molecule has 0 bridgehead atoms. The Morgan fingerprint density at radius 1 is 1.50 bits per heavy atom. The molecule has 0 aromatic carbocycles. The van der Waals surface area contributed by atoms with Gasteiger partial charge in [0.2, 0.25) is 0 Å². The van der Waals surface area contributed by atoms with Crippen LogP contribution < -0.4 is 11.2 Å². The van der Waals surface area contributed by atoms with Gasteiger partial charge in [-0.1, -0.05) is 0 Å². The Morgan fingerprint density at radius 2 is 2.22 bits per heavy atom. The van der Waals surface area contributed by atoms with Gasteiger partial charge in [0.15, 0.2) is 5.72 Å². The Kier molecular flexibility index (Phi) is 3.35. The van der Waals surface area contributed by atoms with Crippen molar-refractivity contribution in [3.8, 4) is 0 Å². The molecule has 0 aliphatic carbocycles. The number of rotatable bonds is 3. The van der Waals surface area contributed by atoms with Crippen molar-refractivity contribution in [1.82, 2.24) is 9.55 Å². The first kappa shape index (κ1) is 13.0. The van der Waals surface area contributed by atoms with Crippen molar-refractivity contribution in [3.63, 3.8) is 0 Å². The van der Waals surface area contributed by atoms with E-state index in [0.29, 0.717) is 0 Å². The summed E-state index contributed by atoms with van der Waals surface area (Å²) in [4.78, 5) is 24.7. The fraction of sp³-hybridized carbons (Fsp3) is 0.600. The molecule has 0 amide bonds. The maximum Gasteiger partial charge on any atom is 0.330 e. The Morgan fingerprint density at radius 3 is 2.72 bits per heavy atom. The molecular formula is C10H14N2O6. The Balaban J connectivity index is 2.46. The monoisotopic (exact) mass is 258 g/mol. The molecule has 18 heavy (non-hydrogen) atoms. The minimum absolute atomic E-state index is 0.0549. The predicted octanol–water partition coefficient (Wildman–Crippen LogP) is -2.68. The van der Waals surface area contributed by atoms with Crippen molar-refractivity contribution < 1.29 is 20.1 Å². The van der Waals surface area contributed by atoms with Gasteiger partial charge in [-0.2, -0.15) is 0 Å². The highest BCUT2D eigenvalue weighted by Crippen LogP contribution is 2.33. The van der Waals surface area contributed by atoms with Gasteiger partial charge in [0.1, 0.15) is 6.10 Å². The summed E-state index contributed by atoms with van der Waals surface area (Å²) in [5.41, 5.74) is -2.78.